The van der Waals surface area contributed by atoms with Crippen molar-refractivity contribution in [3.05, 3.63) is 46.7 Å². The van der Waals surface area contributed by atoms with Gasteiger partial charge in [-0.25, -0.2) is 9.97 Å². The number of hydrogen-bond donors (Lipinski definition) is 2. The number of hydrogen-bond acceptors (Lipinski definition) is 4. The molecule has 1 heterocycles. The van der Waals surface area contributed by atoms with Crippen molar-refractivity contribution in [2.24, 2.45) is 0 Å². The standard InChI is InChI=1S/C18H21BrN4O/c19-14-9-5-6-10-15(14)22-18-20-12-11-16(23-18)17(24)21-13-7-3-1-2-4-8-13/h5-6,9-13H,1-4,7-8H2,(H,21,24)(H,20,22,23). The van der Waals surface area contributed by atoms with E-state index in [9.17, 15) is 4.79 Å². The van der Waals surface area contributed by atoms with E-state index >= 15 is 0 Å². The molecule has 0 spiro atoms. The summed E-state index contributed by atoms with van der Waals surface area (Å²) in [5.74, 6) is 0.287. The third kappa shape index (κ3) is 4.54. The molecule has 1 saturated carbocycles. The van der Waals surface area contributed by atoms with Crippen LogP contribution in [0.5, 0.6) is 0 Å². The first kappa shape index (κ1) is 16.9. The van der Waals surface area contributed by atoms with E-state index in [1.807, 2.05) is 24.3 Å². The average Bonchev–Trinajstić information content (AvgIpc) is 2.86. The first-order chi connectivity index (χ1) is 11.7. The summed E-state index contributed by atoms with van der Waals surface area (Å²) in [6.45, 7) is 0. The second-order valence-electron chi connectivity index (χ2n) is 6.03. The van der Waals surface area contributed by atoms with Gasteiger partial charge in [-0.05, 0) is 47.0 Å². The zero-order valence-electron chi connectivity index (χ0n) is 13.5. The van der Waals surface area contributed by atoms with Crippen molar-refractivity contribution in [2.75, 3.05) is 5.32 Å². The fourth-order valence-corrected chi connectivity index (χ4v) is 3.30. The lowest BCUT2D eigenvalue weighted by Crippen LogP contribution is -2.35. The Bertz CT molecular complexity index is 699. The van der Waals surface area contributed by atoms with E-state index in [0.29, 0.717) is 11.6 Å². The molecule has 5 nitrogen and oxygen atoms in total. The molecule has 0 aliphatic heterocycles. The number of carbonyl (C=O) groups is 1. The molecule has 0 unspecified atom stereocenters. The molecule has 2 aromatic rings. The lowest BCUT2D eigenvalue weighted by molar-refractivity contribution is 0.0928. The predicted molar refractivity (Wildman–Crippen MR) is 98.4 cm³/mol. The van der Waals surface area contributed by atoms with Crippen LogP contribution in [0.4, 0.5) is 11.6 Å². The quantitative estimate of drug-likeness (QED) is 0.759. The number of halogens is 1. The van der Waals surface area contributed by atoms with E-state index in [4.69, 9.17) is 0 Å². The molecule has 126 valence electrons. The number of amides is 1. The minimum Gasteiger partial charge on any atom is -0.348 e. The van der Waals surface area contributed by atoms with Gasteiger partial charge in [-0.3, -0.25) is 4.79 Å². The lowest BCUT2D eigenvalue weighted by atomic mass is 10.1. The second-order valence-corrected chi connectivity index (χ2v) is 6.89. The van der Waals surface area contributed by atoms with Crippen LogP contribution in [-0.2, 0) is 0 Å². The Morgan fingerprint density at radius 3 is 2.58 bits per heavy atom. The van der Waals surface area contributed by atoms with Crippen molar-refractivity contribution in [3.8, 4) is 0 Å². The van der Waals surface area contributed by atoms with Crippen molar-refractivity contribution in [1.29, 1.82) is 0 Å². The summed E-state index contributed by atoms with van der Waals surface area (Å²) < 4.78 is 0.918. The molecule has 1 amide bonds. The summed E-state index contributed by atoms with van der Waals surface area (Å²) in [4.78, 5) is 21.0. The maximum Gasteiger partial charge on any atom is 0.270 e. The molecular formula is C18H21BrN4O. The van der Waals surface area contributed by atoms with Crippen LogP contribution in [0, 0.1) is 0 Å². The number of nitrogens with one attached hydrogen (secondary N) is 2. The van der Waals surface area contributed by atoms with Crippen LogP contribution in [0.15, 0.2) is 41.0 Å². The molecule has 24 heavy (non-hydrogen) atoms. The van der Waals surface area contributed by atoms with E-state index in [1.165, 1.54) is 25.7 Å². The van der Waals surface area contributed by atoms with Crippen molar-refractivity contribution >= 4 is 33.5 Å². The summed E-state index contributed by atoms with van der Waals surface area (Å²) >= 11 is 3.48. The first-order valence-corrected chi connectivity index (χ1v) is 9.17. The van der Waals surface area contributed by atoms with Gasteiger partial charge in [-0.15, -0.1) is 0 Å². The lowest BCUT2D eigenvalue weighted by Gasteiger charge is -2.16. The number of aromatic nitrogens is 2. The van der Waals surface area contributed by atoms with Gasteiger partial charge in [0.05, 0.1) is 5.69 Å². The van der Waals surface area contributed by atoms with Crippen LogP contribution < -0.4 is 10.6 Å². The monoisotopic (exact) mass is 388 g/mol. The SMILES string of the molecule is O=C(NC1CCCCCC1)c1ccnc(Nc2ccccc2Br)n1. The van der Waals surface area contributed by atoms with Crippen LogP contribution in [0.1, 0.15) is 49.0 Å². The largest absolute Gasteiger partial charge is 0.348 e. The van der Waals surface area contributed by atoms with Gasteiger partial charge >= 0.3 is 0 Å². The zero-order valence-corrected chi connectivity index (χ0v) is 15.1. The van der Waals surface area contributed by atoms with E-state index in [-0.39, 0.29) is 11.9 Å². The average molecular weight is 389 g/mol. The van der Waals surface area contributed by atoms with Gasteiger partial charge in [-0.1, -0.05) is 37.8 Å². The molecule has 1 aliphatic rings. The maximum absolute atomic E-state index is 12.5. The molecule has 2 N–H and O–H groups in total. The Kier molecular flexibility index (Phi) is 5.80. The van der Waals surface area contributed by atoms with Gasteiger partial charge < -0.3 is 10.6 Å². The highest BCUT2D eigenvalue weighted by molar-refractivity contribution is 9.10. The fraction of sp³-hybridized carbons (Fsp3) is 0.389. The molecule has 0 saturated heterocycles. The number of nitrogens with zero attached hydrogens (tertiary/aromatic N) is 2. The molecule has 0 bridgehead atoms. The molecular weight excluding hydrogens is 368 g/mol. The Labute approximate surface area is 150 Å². The predicted octanol–water partition coefficient (Wildman–Crippen LogP) is 4.44. The Balaban J connectivity index is 1.68. The van der Waals surface area contributed by atoms with Crippen molar-refractivity contribution < 1.29 is 4.79 Å². The fourth-order valence-electron chi connectivity index (χ4n) is 2.91. The minimum atomic E-state index is -0.125. The molecule has 6 heteroatoms. The highest BCUT2D eigenvalue weighted by Crippen LogP contribution is 2.23. The molecule has 1 aliphatic carbocycles. The van der Waals surface area contributed by atoms with Crippen LogP contribution in [0.3, 0.4) is 0 Å². The van der Waals surface area contributed by atoms with E-state index < -0.39 is 0 Å². The number of anilines is 2. The third-order valence-corrected chi connectivity index (χ3v) is 4.89. The Morgan fingerprint density at radius 1 is 1.08 bits per heavy atom. The summed E-state index contributed by atoms with van der Waals surface area (Å²) in [6, 6.07) is 9.63. The summed E-state index contributed by atoms with van der Waals surface area (Å²) in [5.41, 5.74) is 1.25. The molecule has 1 aromatic carbocycles. The maximum atomic E-state index is 12.5. The Hall–Kier alpha value is -1.95. The minimum absolute atomic E-state index is 0.125. The first-order valence-electron chi connectivity index (χ1n) is 8.38. The van der Waals surface area contributed by atoms with Gasteiger partial charge in [0, 0.05) is 16.7 Å². The zero-order chi connectivity index (χ0) is 16.8. The van der Waals surface area contributed by atoms with E-state index in [0.717, 1.165) is 23.0 Å². The van der Waals surface area contributed by atoms with E-state index in [1.54, 1.807) is 12.3 Å². The van der Waals surface area contributed by atoms with Crippen molar-refractivity contribution in [2.45, 2.75) is 44.6 Å². The van der Waals surface area contributed by atoms with Gasteiger partial charge in [0.1, 0.15) is 5.69 Å². The Morgan fingerprint density at radius 2 is 1.83 bits per heavy atom. The van der Waals surface area contributed by atoms with Crippen molar-refractivity contribution in [1.82, 2.24) is 15.3 Å². The number of rotatable bonds is 4. The summed E-state index contributed by atoms with van der Waals surface area (Å²) in [5, 5.41) is 6.24. The van der Waals surface area contributed by atoms with Gasteiger partial charge in [0.2, 0.25) is 5.95 Å². The highest BCUT2D eigenvalue weighted by atomic mass is 79.9. The third-order valence-electron chi connectivity index (χ3n) is 4.20. The highest BCUT2D eigenvalue weighted by Gasteiger charge is 2.17. The molecule has 1 fully saturated rings. The van der Waals surface area contributed by atoms with Gasteiger partial charge in [-0.2, -0.15) is 0 Å². The number of carbonyl (C=O) groups excluding carboxylic acids is 1. The second kappa shape index (κ2) is 8.24. The summed E-state index contributed by atoms with van der Waals surface area (Å²) in [6.07, 6.45) is 8.61. The summed E-state index contributed by atoms with van der Waals surface area (Å²) in [7, 11) is 0. The van der Waals surface area contributed by atoms with Crippen LogP contribution in [0.25, 0.3) is 0 Å². The van der Waals surface area contributed by atoms with Gasteiger partial charge in [0.15, 0.2) is 0 Å². The molecule has 0 atom stereocenters. The number of para-hydroxylation sites is 1. The molecule has 0 radical (unpaired) electrons. The smallest absolute Gasteiger partial charge is 0.270 e. The molecule has 3 rings (SSSR count). The van der Waals surface area contributed by atoms with Crippen LogP contribution in [-0.4, -0.2) is 21.9 Å². The normalized spacial score (nSPS) is 15.5. The number of benzene rings is 1. The van der Waals surface area contributed by atoms with E-state index in [2.05, 4.69) is 36.5 Å². The van der Waals surface area contributed by atoms with Gasteiger partial charge in [0.25, 0.3) is 5.91 Å². The van der Waals surface area contributed by atoms with Crippen LogP contribution in [0.2, 0.25) is 0 Å². The van der Waals surface area contributed by atoms with Crippen molar-refractivity contribution in [3.63, 3.8) is 0 Å². The topological polar surface area (TPSA) is 66.9 Å². The molecule has 1 aromatic heterocycles. The van der Waals surface area contributed by atoms with Crippen LogP contribution >= 0.6 is 15.9 Å².